The van der Waals surface area contributed by atoms with Crippen molar-refractivity contribution >= 4 is 11.8 Å². The van der Waals surface area contributed by atoms with Crippen LogP contribution in [0.1, 0.15) is 66.6 Å². The number of alkyl halides is 10. The van der Waals surface area contributed by atoms with E-state index >= 15 is 4.39 Å². The minimum absolute atomic E-state index is 0.0820. The number of halogens is 10. The van der Waals surface area contributed by atoms with Gasteiger partial charge in [-0.25, -0.2) is 9.18 Å². The van der Waals surface area contributed by atoms with Gasteiger partial charge in [0.25, 0.3) is 0 Å². The summed E-state index contributed by atoms with van der Waals surface area (Å²) in [5.74, 6) is -1.59. The van der Waals surface area contributed by atoms with Gasteiger partial charge in [-0.05, 0) is 67.3 Å². The maximum atomic E-state index is 15.9. The molecule has 0 radical (unpaired) electrons. The molecule has 0 fully saturated rings. The molecule has 3 unspecified atom stereocenters. The Morgan fingerprint density at radius 3 is 1.89 bits per heavy atom. The summed E-state index contributed by atoms with van der Waals surface area (Å²) < 4.78 is 141. The fraction of sp³-hybridized carbons (Fsp3) is 0.458. The number of ether oxygens (including phenoxy) is 1. The van der Waals surface area contributed by atoms with Gasteiger partial charge in [-0.3, -0.25) is 4.90 Å². The average Bonchev–Trinajstić information content (AvgIpc) is 2.80. The van der Waals surface area contributed by atoms with Crippen molar-refractivity contribution in [3.05, 3.63) is 64.2 Å². The van der Waals surface area contributed by atoms with Crippen LogP contribution in [0.25, 0.3) is 0 Å². The zero-order valence-corrected chi connectivity index (χ0v) is 19.4. The largest absolute Gasteiger partial charge is 0.449 e. The van der Waals surface area contributed by atoms with Crippen LogP contribution in [0.5, 0.6) is 0 Å². The molecule has 0 saturated carbocycles. The fourth-order valence-electron chi connectivity index (χ4n) is 4.41. The quantitative estimate of drug-likeness (QED) is 0.360. The van der Waals surface area contributed by atoms with E-state index in [1.165, 1.54) is 6.92 Å². The molecule has 0 N–H and O–H groups in total. The third-order valence-electron chi connectivity index (χ3n) is 6.12. The summed E-state index contributed by atoms with van der Waals surface area (Å²) in [6.45, 7) is 2.99. The fourth-order valence-corrected chi connectivity index (χ4v) is 4.41. The molecule has 37 heavy (non-hydrogen) atoms. The highest BCUT2D eigenvalue weighted by atomic mass is 19.4. The van der Waals surface area contributed by atoms with Gasteiger partial charge in [0.15, 0.2) is 0 Å². The van der Waals surface area contributed by atoms with E-state index in [2.05, 4.69) is 0 Å². The van der Waals surface area contributed by atoms with Crippen LogP contribution in [-0.2, 0) is 23.3 Å². The first-order chi connectivity index (χ1) is 17.0. The first-order valence-corrected chi connectivity index (χ1v) is 11.1. The highest BCUT2D eigenvalue weighted by molar-refractivity contribution is 5.90. The topological polar surface area (TPSA) is 29.5 Å². The van der Waals surface area contributed by atoms with Gasteiger partial charge in [-0.2, -0.15) is 39.5 Å². The first kappa shape index (κ1) is 28.6. The molecule has 0 saturated heterocycles. The Morgan fingerprint density at radius 1 is 0.892 bits per heavy atom. The second-order valence-electron chi connectivity index (χ2n) is 8.49. The van der Waals surface area contributed by atoms with E-state index in [0.717, 1.165) is 11.0 Å². The Labute approximate surface area is 205 Å². The summed E-state index contributed by atoms with van der Waals surface area (Å²) in [5, 5.41) is 0. The van der Waals surface area contributed by atoms with Crippen molar-refractivity contribution < 1.29 is 53.4 Å². The molecule has 0 aliphatic carbocycles. The van der Waals surface area contributed by atoms with Gasteiger partial charge < -0.3 is 4.74 Å². The lowest BCUT2D eigenvalue weighted by Crippen LogP contribution is -2.45. The van der Waals surface area contributed by atoms with Crippen LogP contribution >= 0.6 is 0 Å². The van der Waals surface area contributed by atoms with Crippen LogP contribution in [0, 0.1) is 0 Å². The monoisotopic (exact) mass is 545 g/mol. The minimum atomic E-state index is -5.24. The number of hydrogen-bond acceptors (Lipinski definition) is 2. The number of fused-ring (bicyclic) bond motifs is 1. The summed E-state index contributed by atoms with van der Waals surface area (Å²) in [7, 11) is 0. The van der Waals surface area contributed by atoms with E-state index in [9.17, 15) is 44.3 Å². The normalized spacial score (nSPS) is 19.4. The number of rotatable bonds is 4. The molecule has 0 bridgehead atoms. The molecule has 3 nitrogen and oxygen atoms in total. The Kier molecular flexibility index (Phi) is 7.76. The van der Waals surface area contributed by atoms with E-state index in [1.807, 2.05) is 0 Å². The number of amides is 1. The molecule has 3 atom stereocenters. The molecule has 1 amide bonds. The maximum absolute atomic E-state index is 15.9. The van der Waals surface area contributed by atoms with Gasteiger partial charge >= 0.3 is 24.6 Å². The van der Waals surface area contributed by atoms with Crippen molar-refractivity contribution in [1.29, 1.82) is 0 Å². The summed E-state index contributed by atoms with van der Waals surface area (Å²) in [6.07, 6.45) is -19.1. The standard InChI is InChI=1S/C24H21F10NO2/c1-3-16-11-18(20(25)12-7-14(23(29,30)31)9-15(8-12)24(32,33)34)17-10-13(22(26,27)28)5-6-19(17)35(16)21(36)37-4-2/h5-10,16,18,20H,3-4,11H2,1-2H3. The molecule has 0 spiro atoms. The molecule has 1 heterocycles. The first-order valence-electron chi connectivity index (χ1n) is 11.1. The molecule has 204 valence electrons. The van der Waals surface area contributed by atoms with Crippen molar-refractivity contribution in [2.75, 3.05) is 11.5 Å². The van der Waals surface area contributed by atoms with E-state index in [0.29, 0.717) is 12.1 Å². The zero-order valence-electron chi connectivity index (χ0n) is 19.4. The van der Waals surface area contributed by atoms with Crippen LogP contribution < -0.4 is 4.90 Å². The van der Waals surface area contributed by atoms with Crippen molar-refractivity contribution in [3.63, 3.8) is 0 Å². The number of carbonyl (C=O) groups is 1. The third-order valence-corrected chi connectivity index (χ3v) is 6.12. The zero-order chi connectivity index (χ0) is 27.9. The van der Waals surface area contributed by atoms with Crippen LogP contribution in [0.4, 0.5) is 54.4 Å². The van der Waals surface area contributed by atoms with Gasteiger partial charge in [0, 0.05) is 12.0 Å². The average molecular weight is 545 g/mol. The van der Waals surface area contributed by atoms with E-state index < -0.39 is 65.0 Å². The molecular weight excluding hydrogens is 524 g/mol. The van der Waals surface area contributed by atoms with Crippen molar-refractivity contribution in [2.45, 2.75) is 63.3 Å². The van der Waals surface area contributed by atoms with Gasteiger partial charge in [0.05, 0.1) is 29.0 Å². The predicted octanol–water partition coefficient (Wildman–Crippen LogP) is 8.68. The van der Waals surface area contributed by atoms with Crippen molar-refractivity contribution in [3.8, 4) is 0 Å². The lowest BCUT2D eigenvalue weighted by Gasteiger charge is -2.41. The molecule has 2 aromatic carbocycles. The summed E-state index contributed by atoms with van der Waals surface area (Å²) in [6, 6.07) is 1.55. The molecule has 0 aromatic heterocycles. The highest BCUT2D eigenvalue weighted by Gasteiger charge is 2.44. The Hall–Kier alpha value is -2.99. The number of benzene rings is 2. The number of anilines is 1. The number of nitrogens with zero attached hydrogens (tertiary/aromatic N) is 1. The van der Waals surface area contributed by atoms with E-state index in [-0.39, 0.29) is 48.9 Å². The van der Waals surface area contributed by atoms with Gasteiger partial charge in [-0.15, -0.1) is 0 Å². The lowest BCUT2D eigenvalue weighted by molar-refractivity contribution is -0.143. The molecule has 1 aliphatic heterocycles. The SMILES string of the molecule is CCOC(=O)N1c2ccc(C(F)(F)F)cc2C(C(F)c2cc(C(F)(F)F)cc(C(F)(F)F)c2)CC1CC. The summed E-state index contributed by atoms with van der Waals surface area (Å²) in [5.41, 5.74) is -6.26. The molecule has 1 aliphatic rings. The predicted molar refractivity (Wildman–Crippen MR) is 113 cm³/mol. The molecule has 3 rings (SSSR count). The van der Waals surface area contributed by atoms with Crippen molar-refractivity contribution in [1.82, 2.24) is 0 Å². The maximum Gasteiger partial charge on any atom is 0.416 e. The second-order valence-corrected chi connectivity index (χ2v) is 8.49. The number of hydrogen-bond donors (Lipinski definition) is 0. The van der Waals surface area contributed by atoms with E-state index in [4.69, 9.17) is 4.74 Å². The highest BCUT2D eigenvalue weighted by Crippen LogP contribution is 2.50. The number of carbonyl (C=O) groups excluding carboxylic acids is 1. The summed E-state index contributed by atoms with van der Waals surface area (Å²) in [4.78, 5) is 13.6. The summed E-state index contributed by atoms with van der Waals surface area (Å²) >= 11 is 0. The van der Waals surface area contributed by atoms with Gasteiger partial charge in [0.2, 0.25) is 0 Å². The molecular formula is C24H21F10NO2. The van der Waals surface area contributed by atoms with Crippen LogP contribution in [0.2, 0.25) is 0 Å². The third kappa shape index (κ3) is 5.96. The van der Waals surface area contributed by atoms with E-state index in [1.54, 1.807) is 6.92 Å². The second kappa shape index (κ2) is 10.1. The van der Waals surface area contributed by atoms with Gasteiger partial charge in [0.1, 0.15) is 6.17 Å². The Balaban J connectivity index is 2.22. The van der Waals surface area contributed by atoms with Crippen LogP contribution in [0.3, 0.4) is 0 Å². The molecule has 13 heteroatoms. The van der Waals surface area contributed by atoms with Crippen LogP contribution in [-0.4, -0.2) is 18.7 Å². The van der Waals surface area contributed by atoms with Crippen LogP contribution in [0.15, 0.2) is 36.4 Å². The van der Waals surface area contributed by atoms with Crippen molar-refractivity contribution in [2.24, 2.45) is 0 Å². The Morgan fingerprint density at radius 2 is 1.43 bits per heavy atom. The minimum Gasteiger partial charge on any atom is -0.449 e. The van der Waals surface area contributed by atoms with Gasteiger partial charge in [-0.1, -0.05) is 6.92 Å². The Bertz CT molecular complexity index is 1110. The smallest absolute Gasteiger partial charge is 0.416 e. The lowest BCUT2D eigenvalue weighted by atomic mass is 9.79. The molecule has 2 aromatic rings.